The molecule has 2 nitrogen and oxygen atoms in total. The molecule has 3 rings (SSSR count). The maximum absolute atomic E-state index is 5.50. The van der Waals surface area contributed by atoms with Crippen LogP contribution in [0.25, 0.3) is 0 Å². The van der Waals surface area contributed by atoms with E-state index < -0.39 is 0 Å². The molecule has 0 amide bonds. The van der Waals surface area contributed by atoms with E-state index in [0.717, 1.165) is 17.6 Å². The SMILES string of the molecule is COc1c(C)ccc(NC2CC3CCC2C3)c1C. The fourth-order valence-electron chi connectivity index (χ4n) is 3.92. The van der Waals surface area contributed by atoms with Gasteiger partial charge in [-0.3, -0.25) is 0 Å². The van der Waals surface area contributed by atoms with E-state index in [1.54, 1.807) is 7.11 Å². The van der Waals surface area contributed by atoms with Crippen LogP contribution in [0.3, 0.4) is 0 Å². The Labute approximate surface area is 110 Å². The monoisotopic (exact) mass is 245 g/mol. The maximum atomic E-state index is 5.50. The highest BCUT2D eigenvalue weighted by Gasteiger charge is 2.39. The van der Waals surface area contributed by atoms with Gasteiger partial charge in [-0.05, 0) is 56.6 Å². The second-order valence-electron chi connectivity index (χ2n) is 6.01. The van der Waals surface area contributed by atoms with E-state index in [4.69, 9.17) is 4.74 Å². The Hall–Kier alpha value is -1.18. The first-order chi connectivity index (χ1) is 8.69. The van der Waals surface area contributed by atoms with Gasteiger partial charge in [-0.25, -0.2) is 0 Å². The molecule has 0 aromatic heterocycles. The molecule has 2 heteroatoms. The number of hydrogen-bond acceptors (Lipinski definition) is 2. The van der Waals surface area contributed by atoms with Crippen molar-refractivity contribution in [3.8, 4) is 5.75 Å². The van der Waals surface area contributed by atoms with Crippen molar-refractivity contribution in [1.29, 1.82) is 0 Å². The lowest BCUT2D eigenvalue weighted by Gasteiger charge is -2.25. The standard InChI is InChI=1S/C16H23NO/c1-10-4-7-14(11(2)16(10)18-3)17-15-9-12-5-6-13(15)8-12/h4,7,12-13,15,17H,5-6,8-9H2,1-3H3. The summed E-state index contributed by atoms with van der Waals surface area (Å²) in [6.45, 7) is 4.26. The fraction of sp³-hybridized carbons (Fsp3) is 0.625. The molecular formula is C16H23NO. The molecule has 0 aliphatic heterocycles. The third kappa shape index (κ3) is 1.88. The molecule has 0 spiro atoms. The van der Waals surface area contributed by atoms with E-state index in [-0.39, 0.29) is 0 Å². The summed E-state index contributed by atoms with van der Waals surface area (Å²) < 4.78 is 5.50. The molecular weight excluding hydrogens is 222 g/mol. The van der Waals surface area contributed by atoms with E-state index in [1.165, 1.54) is 42.5 Å². The van der Waals surface area contributed by atoms with Crippen molar-refractivity contribution in [2.75, 3.05) is 12.4 Å². The molecule has 0 heterocycles. The van der Waals surface area contributed by atoms with Gasteiger partial charge >= 0.3 is 0 Å². The quantitative estimate of drug-likeness (QED) is 0.871. The largest absolute Gasteiger partial charge is 0.496 e. The minimum atomic E-state index is 0.690. The number of rotatable bonds is 3. The summed E-state index contributed by atoms with van der Waals surface area (Å²) in [6.07, 6.45) is 5.68. The topological polar surface area (TPSA) is 21.3 Å². The minimum absolute atomic E-state index is 0.690. The third-order valence-corrected chi connectivity index (χ3v) is 4.89. The van der Waals surface area contributed by atoms with Crippen LogP contribution in [0.4, 0.5) is 5.69 Å². The van der Waals surface area contributed by atoms with Gasteiger partial charge in [0.2, 0.25) is 0 Å². The van der Waals surface area contributed by atoms with Gasteiger partial charge in [-0.2, -0.15) is 0 Å². The summed E-state index contributed by atoms with van der Waals surface area (Å²) in [7, 11) is 1.76. The number of nitrogens with one attached hydrogen (secondary N) is 1. The smallest absolute Gasteiger partial charge is 0.126 e. The zero-order valence-corrected chi connectivity index (χ0v) is 11.6. The van der Waals surface area contributed by atoms with E-state index in [1.807, 2.05) is 0 Å². The number of anilines is 1. The first-order valence-corrected chi connectivity index (χ1v) is 7.09. The van der Waals surface area contributed by atoms with Crippen molar-refractivity contribution >= 4 is 5.69 Å². The van der Waals surface area contributed by atoms with Gasteiger partial charge in [0, 0.05) is 17.3 Å². The molecule has 0 radical (unpaired) electrons. The Balaban J connectivity index is 1.81. The summed E-state index contributed by atoms with van der Waals surface area (Å²) in [5, 5.41) is 3.76. The molecule has 3 atom stereocenters. The van der Waals surface area contributed by atoms with Gasteiger partial charge in [-0.15, -0.1) is 0 Å². The molecule has 2 saturated carbocycles. The molecule has 3 unspecified atom stereocenters. The van der Waals surface area contributed by atoms with Crippen LogP contribution in [-0.4, -0.2) is 13.2 Å². The third-order valence-electron chi connectivity index (χ3n) is 4.89. The van der Waals surface area contributed by atoms with Crippen LogP contribution in [0.15, 0.2) is 12.1 Å². The first kappa shape index (κ1) is 11.9. The first-order valence-electron chi connectivity index (χ1n) is 7.09. The molecule has 18 heavy (non-hydrogen) atoms. The predicted octanol–water partition coefficient (Wildman–Crippen LogP) is 3.91. The Morgan fingerprint density at radius 3 is 2.61 bits per heavy atom. The highest BCUT2D eigenvalue weighted by molar-refractivity contribution is 5.60. The van der Waals surface area contributed by atoms with Crippen molar-refractivity contribution in [2.45, 2.75) is 45.6 Å². The van der Waals surface area contributed by atoms with Crippen LogP contribution in [-0.2, 0) is 0 Å². The Kier molecular flexibility index (Phi) is 2.96. The van der Waals surface area contributed by atoms with Crippen molar-refractivity contribution in [3.63, 3.8) is 0 Å². The molecule has 98 valence electrons. The fourth-order valence-corrected chi connectivity index (χ4v) is 3.92. The van der Waals surface area contributed by atoms with Crippen LogP contribution >= 0.6 is 0 Å². The van der Waals surface area contributed by atoms with Crippen LogP contribution < -0.4 is 10.1 Å². The Morgan fingerprint density at radius 1 is 1.17 bits per heavy atom. The lowest BCUT2D eigenvalue weighted by molar-refractivity contribution is 0.408. The average molecular weight is 245 g/mol. The summed E-state index contributed by atoms with van der Waals surface area (Å²) >= 11 is 0. The summed E-state index contributed by atoms with van der Waals surface area (Å²) in [5.74, 6) is 2.92. The molecule has 1 aromatic carbocycles. The number of methoxy groups -OCH3 is 1. The van der Waals surface area contributed by atoms with Gasteiger partial charge in [0.25, 0.3) is 0 Å². The zero-order chi connectivity index (χ0) is 12.7. The summed E-state index contributed by atoms with van der Waals surface area (Å²) in [6, 6.07) is 5.05. The van der Waals surface area contributed by atoms with Gasteiger partial charge in [0.15, 0.2) is 0 Å². The van der Waals surface area contributed by atoms with Crippen LogP contribution in [0.2, 0.25) is 0 Å². The molecule has 0 saturated heterocycles. The van der Waals surface area contributed by atoms with Crippen molar-refractivity contribution in [2.24, 2.45) is 11.8 Å². The molecule has 1 N–H and O–H groups in total. The Morgan fingerprint density at radius 2 is 2.00 bits per heavy atom. The lowest BCUT2D eigenvalue weighted by atomic mass is 9.94. The number of ether oxygens (including phenoxy) is 1. The van der Waals surface area contributed by atoms with E-state index in [2.05, 4.69) is 31.3 Å². The van der Waals surface area contributed by atoms with Crippen LogP contribution in [0, 0.1) is 25.7 Å². The van der Waals surface area contributed by atoms with E-state index >= 15 is 0 Å². The lowest BCUT2D eigenvalue weighted by Crippen LogP contribution is -2.26. The Bertz CT molecular complexity index is 455. The van der Waals surface area contributed by atoms with Gasteiger partial charge < -0.3 is 10.1 Å². The number of benzene rings is 1. The maximum Gasteiger partial charge on any atom is 0.126 e. The summed E-state index contributed by atoms with van der Waals surface area (Å²) in [4.78, 5) is 0. The van der Waals surface area contributed by atoms with Crippen molar-refractivity contribution in [3.05, 3.63) is 23.3 Å². The average Bonchev–Trinajstić information content (AvgIpc) is 2.95. The van der Waals surface area contributed by atoms with Crippen LogP contribution in [0.5, 0.6) is 5.75 Å². The van der Waals surface area contributed by atoms with Gasteiger partial charge in [-0.1, -0.05) is 12.5 Å². The molecule has 2 fully saturated rings. The second kappa shape index (κ2) is 4.49. The number of hydrogen-bond donors (Lipinski definition) is 1. The number of fused-ring (bicyclic) bond motifs is 2. The highest BCUT2D eigenvalue weighted by atomic mass is 16.5. The molecule has 2 aliphatic rings. The van der Waals surface area contributed by atoms with E-state index in [0.29, 0.717) is 6.04 Å². The molecule has 1 aromatic rings. The molecule has 2 aliphatic carbocycles. The molecule has 2 bridgehead atoms. The van der Waals surface area contributed by atoms with Crippen molar-refractivity contribution < 1.29 is 4.74 Å². The van der Waals surface area contributed by atoms with Gasteiger partial charge in [0.05, 0.1) is 7.11 Å². The highest BCUT2D eigenvalue weighted by Crippen LogP contribution is 2.46. The predicted molar refractivity (Wildman–Crippen MR) is 75.3 cm³/mol. The number of aryl methyl sites for hydroxylation is 1. The van der Waals surface area contributed by atoms with E-state index in [9.17, 15) is 0 Å². The second-order valence-corrected chi connectivity index (χ2v) is 6.01. The van der Waals surface area contributed by atoms with Crippen molar-refractivity contribution in [1.82, 2.24) is 0 Å². The normalized spacial score (nSPS) is 29.6. The van der Waals surface area contributed by atoms with Crippen LogP contribution in [0.1, 0.15) is 36.8 Å². The minimum Gasteiger partial charge on any atom is -0.496 e. The zero-order valence-electron chi connectivity index (χ0n) is 11.6. The van der Waals surface area contributed by atoms with Gasteiger partial charge in [0.1, 0.15) is 5.75 Å². The summed E-state index contributed by atoms with van der Waals surface area (Å²) in [5.41, 5.74) is 3.73.